The van der Waals surface area contributed by atoms with Crippen molar-refractivity contribution in [1.29, 1.82) is 0 Å². The van der Waals surface area contributed by atoms with Crippen molar-refractivity contribution >= 4 is 51.6 Å². The Morgan fingerprint density at radius 2 is 1.83 bits per heavy atom. The first-order chi connectivity index (χ1) is 29.2. The van der Waals surface area contributed by atoms with Crippen LogP contribution in [0.5, 0.6) is 11.6 Å². The molecule has 4 aromatic rings. The summed E-state index contributed by atoms with van der Waals surface area (Å²) in [5.41, 5.74) is 8.27. The molecule has 4 fully saturated rings. The zero-order valence-electron chi connectivity index (χ0n) is 34.1. The predicted octanol–water partition coefficient (Wildman–Crippen LogP) is 4.40. The fourth-order valence-corrected chi connectivity index (χ4v) is 8.87. The van der Waals surface area contributed by atoms with Gasteiger partial charge in [-0.15, -0.1) is 0 Å². The molecule has 4 saturated heterocycles. The van der Waals surface area contributed by atoms with E-state index in [4.69, 9.17) is 14.5 Å². The van der Waals surface area contributed by atoms with Crippen molar-refractivity contribution in [2.75, 3.05) is 81.6 Å². The second-order valence-electron chi connectivity index (χ2n) is 15.9. The maximum absolute atomic E-state index is 13.4. The van der Waals surface area contributed by atoms with Crippen LogP contribution < -0.4 is 30.3 Å². The van der Waals surface area contributed by atoms with Crippen LogP contribution in [-0.2, 0) is 20.8 Å². The number of hydrogen-bond acceptors (Lipinski definition) is 13. The number of nitrogens with zero attached hydrogens (tertiary/aromatic N) is 7. The van der Waals surface area contributed by atoms with E-state index < -0.39 is 6.04 Å². The fourth-order valence-electron chi connectivity index (χ4n) is 8.87. The van der Waals surface area contributed by atoms with Crippen LogP contribution in [0.3, 0.4) is 0 Å². The van der Waals surface area contributed by atoms with Gasteiger partial charge >= 0.3 is 0 Å². The van der Waals surface area contributed by atoms with E-state index in [-0.39, 0.29) is 24.1 Å². The van der Waals surface area contributed by atoms with Crippen LogP contribution in [0.15, 0.2) is 90.4 Å². The number of hydrogen-bond donors (Lipinski definition) is 3. The van der Waals surface area contributed by atoms with Crippen molar-refractivity contribution in [3.8, 4) is 11.6 Å². The summed E-state index contributed by atoms with van der Waals surface area (Å²) in [7, 11) is 1.67. The summed E-state index contributed by atoms with van der Waals surface area (Å²) in [6.07, 6.45) is 9.39. The number of methoxy groups -OCH3 is 1. The Morgan fingerprint density at radius 3 is 2.60 bits per heavy atom. The number of pyridine rings is 1. The lowest BCUT2D eigenvalue weighted by Gasteiger charge is -2.49. The first-order valence-electron chi connectivity index (χ1n) is 20.7. The van der Waals surface area contributed by atoms with Crippen molar-refractivity contribution in [1.82, 2.24) is 35.0 Å². The molecule has 0 bridgehead atoms. The van der Waals surface area contributed by atoms with E-state index >= 15 is 0 Å². The molecule has 60 heavy (non-hydrogen) atoms. The van der Waals surface area contributed by atoms with E-state index in [1.54, 1.807) is 12.0 Å². The van der Waals surface area contributed by atoms with Crippen LogP contribution in [0.25, 0.3) is 10.9 Å². The average Bonchev–Trinajstić information content (AvgIpc) is 3.24. The number of imide groups is 1. The van der Waals surface area contributed by atoms with Gasteiger partial charge in [0.1, 0.15) is 18.3 Å². The van der Waals surface area contributed by atoms with Gasteiger partial charge in [0.2, 0.25) is 23.6 Å². The number of amides is 3. The first kappa shape index (κ1) is 39.0. The van der Waals surface area contributed by atoms with Gasteiger partial charge in [-0.2, -0.15) is 0 Å². The largest absolute Gasteiger partial charge is 0.494 e. The SMILES string of the molecule is C=C(/C=C1/CCN(C2CCC(=O)NC2=O)C(=O)/C1=C/C)N1CC(N2CCN(c3ccc(Nc4ncc5ccc(Cc6cnc7c(c6OC)NCCO7)cc5n4)cc3)CC2)C1. The van der Waals surface area contributed by atoms with Crippen LogP contribution in [0.1, 0.15) is 37.3 Å². The maximum atomic E-state index is 13.4. The lowest BCUT2D eigenvalue weighted by atomic mass is 9.92. The number of aromatic nitrogens is 3. The second-order valence-corrected chi connectivity index (χ2v) is 15.9. The third-order valence-corrected chi connectivity index (χ3v) is 12.2. The van der Waals surface area contributed by atoms with E-state index in [1.807, 2.05) is 37.5 Å². The topological polar surface area (TPSA) is 157 Å². The number of fused-ring (bicyclic) bond motifs is 2. The molecule has 1 unspecified atom stereocenters. The van der Waals surface area contributed by atoms with Crippen molar-refractivity contribution in [3.63, 3.8) is 0 Å². The normalized spacial score (nSPS) is 21.3. The Bertz CT molecular complexity index is 2400. The molecule has 3 N–H and O–H groups in total. The summed E-state index contributed by atoms with van der Waals surface area (Å²) < 4.78 is 11.5. The highest BCUT2D eigenvalue weighted by molar-refractivity contribution is 6.05. The lowest BCUT2D eigenvalue weighted by Crippen LogP contribution is -2.62. The minimum atomic E-state index is -0.606. The van der Waals surface area contributed by atoms with E-state index in [2.05, 4.69) is 83.6 Å². The van der Waals surface area contributed by atoms with Crippen LogP contribution in [-0.4, -0.2) is 126 Å². The fraction of sp³-hybridized carbons (Fsp3) is 0.378. The number of carbonyl (C=O) groups is 3. The number of anilines is 4. The van der Waals surface area contributed by atoms with Gasteiger partial charge < -0.3 is 34.8 Å². The van der Waals surface area contributed by atoms with E-state index in [1.165, 1.54) is 5.69 Å². The molecule has 15 nitrogen and oxygen atoms in total. The van der Waals surface area contributed by atoms with E-state index in [0.29, 0.717) is 62.4 Å². The number of allylic oxidation sites excluding steroid dienone is 2. The highest BCUT2D eigenvalue weighted by Crippen LogP contribution is 2.38. The third kappa shape index (κ3) is 7.84. The van der Waals surface area contributed by atoms with Gasteiger partial charge in [-0.3, -0.25) is 24.6 Å². The standard InChI is InChI=1S/C45H50N10O5/c1-4-36-30(13-15-55(44(36)58)38-11-12-39(56)51-42(38)57)21-28(2)54-26-35(27-54)53-18-16-52(17-19-53)34-9-7-33(8-10-34)49-45-48-24-31-6-5-29(23-37(31)50-45)22-32-25-47-43-40(41(32)59-3)46-14-20-60-43/h4-10,21,23-25,35,38,46H,2,11-20,22,26-27H2,1,3H3,(H,48,49,50)(H,51,56,57)/b30-21-,36-4+. The predicted molar refractivity (Wildman–Crippen MR) is 229 cm³/mol. The van der Waals surface area contributed by atoms with Crippen LogP contribution >= 0.6 is 0 Å². The minimum absolute atomic E-state index is 0.164. The number of likely N-dealkylation sites (tertiary alicyclic amines) is 2. The molecule has 9 rings (SSSR count). The summed E-state index contributed by atoms with van der Waals surface area (Å²) in [4.78, 5) is 60.4. The monoisotopic (exact) mass is 810 g/mol. The van der Waals surface area contributed by atoms with Crippen LogP contribution in [0, 0.1) is 0 Å². The highest BCUT2D eigenvalue weighted by atomic mass is 16.5. The molecule has 15 heteroatoms. The number of carbonyl (C=O) groups excluding carboxylic acids is 3. The number of rotatable bonds is 10. The number of nitrogens with one attached hydrogen (secondary N) is 3. The Labute approximate surface area is 349 Å². The Morgan fingerprint density at radius 1 is 1.02 bits per heavy atom. The average molecular weight is 811 g/mol. The summed E-state index contributed by atoms with van der Waals surface area (Å²) >= 11 is 0. The van der Waals surface area contributed by atoms with Gasteiger partial charge in [-0.05, 0) is 67.3 Å². The molecule has 310 valence electrons. The van der Waals surface area contributed by atoms with E-state index in [9.17, 15) is 14.4 Å². The molecule has 2 aromatic heterocycles. The molecular formula is C45H50N10O5. The second kappa shape index (κ2) is 16.6. The van der Waals surface area contributed by atoms with Crippen molar-refractivity contribution < 1.29 is 23.9 Å². The molecule has 0 saturated carbocycles. The first-order valence-corrected chi connectivity index (χ1v) is 20.7. The lowest BCUT2D eigenvalue weighted by molar-refractivity contribution is -0.144. The molecule has 0 spiro atoms. The zero-order chi connectivity index (χ0) is 41.3. The van der Waals surface area contributed by atoms with Gasteiger partial charge in [0, 0.05) is 117 Å². The molecule has 7 heterocycles. The molecule has 3 amide bonds. The summed E-state index contributed by atoms with van der Waals surface area (Å²) in [6, 6.07) is 14.5. The van der Waals surface area contributed by atoms with Gasteiger partial charge in [-0.1, -0.05) is 24.8 Å². The molecule has 0 aliphatic carbocycles. The van der Waals surface area contributed by atoms with Gasteiger partial charge in [0.25, 0.3) is 5.91 Å². The maximum Gasteiger partial charge on any atom is 0.254 e. The van der Waals surface area contributed by atoms with Gasteiger partial charge in [-0.25, -0.2) is 15.0 Å². The molecule has 1 atom stereocenters. The number of ether oxygens (including phenoxy) is 2. The van der Waals surface area contributed by atoms with Gasteiger partial charge in [0.15, 0.2) is 5.75 Å². The smallest absolute Gasteiger partial charge is 0.254 e. The van der Waals surface area contributed by atoms with Crippen LogP contribution in [0.4, 0.5) is 23.0 Å². The van der Waals surface area contributed by atoms with Crippen molar-refractivity contribution in [2.24, 2.45) is 0 Å². The Hall–Kier alpha value is -6.48. The highest BCUT2D eigenvalue weighted by Gasteiger charge is 2.39. The van der Waals surface area contributed by atoms with Crippen molar-refractivity contribution in [2.45, 2.75) is 44.7 Å². The molecule has 0 radical (unpaired) electrons. The molecule has 5 aliphatic rings. The summed E-state index contributed by atoms with van der Waals surface area (Å²) in [6.45, 7) is 13.6. The summed E-state index contributed by atoms with van der Waals surface area (Å²) in [5.74, 6) is 1.02. The van der Waals surface area contributed by atoms with E-state index in [0.717, 1.165) is 89.7 Å². The minimum Gasteiger partial charge on any atom is -0.494 e. The zero-order valence-corrected chi connectivity index (χ0v) is 34.1. The Kier molecular flexibility index (Phi) is 10.8. The number of piperidine rings is 2. The third-order valence-electron chi connectivity index (χ3n) is 12.2. The van der Waals surface area contributed by atoms with Crippen LogP contribution in [0.2, 0.25) is 0 Å². The van der Waals surface area contributed by atoms with Crippen molar-refractivity contribution in [3.05, 3.63) is 102 Å². The molecular weight excluding hydrogens is 761 g/mol. The quantitative estimate of drug-likeness (QED) is 0.153. The number of benzene rings is 2. The molecule has 2 aromatic carbocycles. The Balaban J connectivity index is 0.754. The summed E-state index contributed by atoms with van der Waals surface area (Å²) in [5, 5.41) is 10.1. The number of piperazine rings is 1. The van der Waals surface area contributed by atoms with Gasteiger partial charge in [0.05, 0.1) is 12.6 Å². The molecule has 5 aliphatic heterocycles.